The molecule has 1 aliphatic heterocycles. The molecule has 8 heteroatoms. The summed E-state index contributed by atoms with van der Waals surface area (Å²) in [4.78, 5) is 14.2. The predicted octanol–water partition coefficient (Wildman–Crippen LogP) is 3.07. The lowest BCUT2D eigenvalue weighted by molar-refractivity contribution is -0.136. The Bertz CT molecular complexity index is 935. The Morgan fingerprint density at radius 1 is 1.22 bits per heavy atom. The molecule has 5 nitrogen and oxygen atoms in total. The number of hydrogen-bond donors (Lipinski definition) is 0. The maximum atomic E-state index is 13.5. The average Bonchev–Trinajstić information content (AvgIpc) is 2.98. The Hall–Kier alpha value is -2.12. The van der Waals surface area contributed by atoms with Gasteiger partial charge in [0.25, 0.3) is 5.91 Å². The monoisotopic (exact) mass is 411 g/mol. The van der Waals surface area contributed by atoms with Gasteiger partial charge in [0.1, 0.15) is 11.6 Å². The molecule has 0 spiro atoms. The van der Waals surface area contributed by atoms with E-state index in [1.165, 1.54) is 17.0 Å². The lowest BCUT2D eigenvalue weighted by Crippen LogP contribution is -2.43. The molecule has 2 aromatic rings. The Kier molecular flexibility index (Phi) is 6.01. The number of benzene rings is 2. The van der Waals surface area contributed by atoms with Gasteiger partial charge in [0, 0.05) is 12.6 Å². The second kappa shape index (κ2) is 8.27. The minimum absolute atomic E-state index is 0.0377. The molecule has 0 saturated carbocycles. The Balaban J connectivity index is 1.76. The molecule has 2 aromatic carbocycles. The van der Waals surface area contributed by atoms with Crippen LogP contribution in [0.15, 0.2) is 48.5 Å². The van der Waals surface area contributed by atoms with Crippen LogP contribution in [0.2, 0.25) is 5.02 Å². The molecule has 0 N–H and O–H groups in total. The fourth-order valence-electron chi connectivity index (χ4n) is 3.06. The van der Waals surface area contributed by atoms with Crippen LogP contribution in [0.25, 0.3) is 0 Å². The van der Waals surface area contributed by atoms with Gasteiger partial charge >= 0.3 is 0 Å². The number of amides is 1. The van der Waals surface area contributed by atoms with Crippen LogP contribution in [-0.2, 0) is 21.2 Å². The van der Waals surface area contributed by atoms with E-state index in [4.69, 9.17) is 16.3 Å². The number of para-hydroxylation sites is 1. The van der Waals surface area contributed by atoms with E-state index < -0.39 is 21.7 Å². The molecule has 1 amide bonds. The fourth-order valence-corrected chi connectivity index (χ4v) is 4.98. The van der Waals surface area contributed by atoms with Gasteiger partial charge in [-0.15, -0.1) is 0 Å². The Morgan fingerprint density at radius 2 is 2.00 bits per heavy atom. The largest absolute Gasteiger partial charge is 0.482 e. The number of carbonyl (C=O) groups is 1. The SMILES string of the molecule is O=C(COc1ccccc1Cl)N(Cc1cccc(F)c1)C1CCS(=O)(=O)C1. The van der Waals surface area contributed by atoms with Gasteiger partial charge in [-0.3, -0.25) is 4.79 Å². The highest BCUT2D eigenvalue weighted by atomic mass is 35.5. The Morgan fingerprint density at radius 3 is 2.67 bits per heavy atom. The number of sulfone groups is 1. The first-order valence-electron chi connectivity index (χ1n) is 8.46. The van der Waals surface area contributed by atoms with E-state index in [2.05, 4.69) is 0 Å². The molecule has 1 aliphatic rings. The van der Waals surface area contributed by atoms with Crippen molar-refractivity contribution in [3.8, 4) is 5.75 Å². The third-order valence-electron chi connectivity index (χ3n) is 4.40. The van der Waals surface area contributed by atoms with Crippen LogP contribution in [0.4, 0.5) is 4.39 Å². The summed E-state index contributed by atoms with van der Waals surface area (Å²) in [6.07, 6.45) is 0.357. The van der Waals surface area contributed by atoms with E-state index in [1.807, 2.05) is 0 Å². The molecule has 0 aromatic heterocycles. The van der Waals surface area contributed by atoms with Crippen LogP contribution in [0.5, 0.6) is 5.75 Å². The highest BCUT2D eigenvalue weighted by Gasteiger charge is 2.34. The minimum Gasteiger partial charge on any atom is -0.482 e. The number of nitrogens with zero attached hydrogens (tertiary/aromatic N) is 1. The third-order valence-corrected chi connectivity index (χ3v) is 6.46. The summed E-state index contributed by atoms with van der Waals surface area (Å²) >= 11 is 6.03. The molecule has 1 unspecified atom stereocenters. The van der Waals surface area contributed by atoms with Gasteiger partial charge in [0.15, 0.2) is 16.4 Å². The summed E-state index contributed by atoms with van der Waals surface area (Å²) in [5, 5.41) is 0.380. The predicted molar refractivity (Wildman–Crippen MR) is 101 cm³/mol. The first kappa shape index (κ1) is 19.6. The number of carbonyl (C=O) groups excluding carboxylic acids is 1. The molecule has 1 fully saturated rings. The molecule has 0 bridgehead atoms. The van der Waals surface area contributed by atoms with Crippen molar-refractivity contribution in [3.05, 3.63) is 64.9 Å². The van der Waals surface area contributed by atoms with E-state index in [0.29, 0.717) is 22.8 Å². The highest BCUT2D eigenvalue weighted by Crippen LogP contribution is 2.24. The summed E-state index contributed by atoms with van der Waals surface area (Å²) in [6, 6.07) is 12.2. The summed E-state index contributed by atoms with van der Waals surface area (Å²) in [7, 11) is -3.18. The molecule has 0 aliphatic carbocycles. The topological polar surface area (TPSA) is 63.7 Å². The summed E-state index contributed by atoms with van der Waals surface area (Å²) in [5.41, 5.74) is 0.588. The smallest absolute Gasteiger partial charge is 0.261 e. The quantitative estimate of drug-likeness (QED) is 0.732. The standard InChI is InChI=1S/C19H19ClFNO4S/c20-17-6-1-2-7-18(17)26-12-19(23)22(16-8-9-27(24,25)13-16)11-14-4-3-5-15(21)10-14/h1-7,10,16H,8-9,11-13H2. The number of rotatable bonds is 6. The summed E-state index contributed by atoms with van der Waals surface area (Å²) in [5.74, 6) is -0.472. The van der Waals surface area contributed by atoms with Gasteiger partial charge < -0.3 is 9.64 Å². The number of hydrogen-bond acceptors (Lipinski definition) is 4. The zero-order valence-electron chi connectivity index (χ0n) is 14.5. The van der Waals surface area contributed by atoms with E-state index in [-0.39, 0.29) is 30.6 Å². The normalized spacial score (nSPS) is 18.2. The zero-order chi connectivity index (χ0) is 19.4. The van der Waals surface area contributed by atoms with Crippen LogP contribution < -0.4 is 4.74 Å². The van der Waals surface area contributed by atoms with Gasteiger partial charge in [-0.25, -0.2) is 12.8 Å². The first-order valence-corrected chi connectivity index (χ1v) is 10.7. The van der Waals surface area contributed by atoms with E-state index in [9.17, 15) is 17.6 Å². The third kappa shape index (κ3) is 5.20. The van der Waals surface area contributed by atoms with Crippen molar-refractivity contribution in [2.75, 3.05) is 18.1 Å². The molecular formula is C19H19ClFNO4S. The van der Waals surface area contributed by atoms with Crippen molar-refractivity contribution in [1.29, 1.82) is 0 Å². The van der Waals surface area contributed by atoms with Crippen LogP contribution in [0, 0.1) is 5.82 Å². The van der Waals surface area contributed by atoms with Crippen molar-refractivity contribution in [1.82, 2.24) is 4.90 Å². The van der Waals surface area contributed by atoms with Crippen molar-refractivity contribution >= 4 is 27.3 Å². The van der Waals surface area contributed by atoms with Crippen molar-refractivity contribution in [2.45, 2.75) is 19.0 Å². The van der Waals surface area contributed by atoms with Gasteiger partial charge in [0.2, 0.25) is 0 Å². The molecule has 27 heavy (non-hydrogen) atoms. The van der Waals surface area contributed by atoms with E-state index in [1.54, 1.807) is 36.4 Å². The van der Waals surface area contributed by atoms with Crippen LogP contribution >= 0.6 is 11.6 Å². The second-order valence-electron chi connectivity index (χ2n) is 6.43. The second-order valence-corrected chi connectivity index (χ2v) is 9.06. The molecular weight excluding hydrogens is 393 g/mol. The molecule has 1 atom stereocenters. The molecule has 0 radical (unpaired) electrons. The zero-order valence-corrected chi connectivity index (χ0v) is 16.0. The lowest BCUT2D eigenvalue weighted by Gasteiger charge is -2.28. The first-order chi connectivity index (χ1) is 12.8. The lowest BCUT2D eigenvalue weighted by atomic mass is 10.1. The van der Waals surface area contributed by atoms with E-state index in [0.717, 1.165) is 0 Å². The maximum Gasteiger partial charge on any atom is 0.261 e. The molecule has 3 rings (SSSR count). The average molecular weight is 412 g/mol. The van der Waals surface area contributed by atoms with Gasteiger partial charge in [-0.05, 0) is 36.2 Å². The summed E-state index contributed by atoms with van der Waals surface area (Å²) in [6.45, 7) is -0.168. The number of ether oxygens (including phenoxy) is 1. The molecule has 1 heterocycles. The van der Waals surface area contributed by atoms with E-state index >= 15 is 0 Å². The van der Waals surface area contributed by atoms with Crippen molar-refractivity contribution < 1.29 is 22.3 Å². The van der Waals surface area contributed by atoms with Gasteiger partial charge in [0.05, 0.1) is 16.5 Å². The van der Waals surface area contributed by atoms with Crippen LogP contribution in [-0.4, -0.2) is 43.4 Å². The van der Waals surface area contributed by atoms with Crippen molar-refractivity contribution in [3.63, 3.8) is 0 Å². The van der Waals surface area contributed by atoms with Crippen LogP contribution in [0.3, 0.4) is 0 Å². The minimum atomic E-state index is -3.18. The maximum absolute atomic E-state index is 13.5. The molecule has 1 saturated heterocycles. The Labute approximate surface area is 162 Å². The highest BCUT2D eigenvalue weighted by molar-refractivity contribution is 7.91. The van der Waals surface area contributed by atoms with Crippen molar-refractivity contribution in [2.24, 2.45) is 0 Å². The summed E-state index contributed by atoms with van der Waals surface area (Å²) < 4.78 is 42.7. The van der Waals surface area contributed by atoms with Gasteiger partial charge in [-0.1, -0.05) is 35.9 Å². The number of halogens is 2. The van der Waals surface area contributed by atoms with Gasteiger partial charge in [-0.2, -0.15) is 0 Å². The fraction of sp³-hybridized carbons (Fsp3) is 0.316. The van der Waals surface area contributed by atoms with Crippen LogP contribution in [0.1, 0.15) is 12.0 Å². The molecule has 144 valence electrons.